The number of aliphatic hydroxyl groups excluding tert-OH is 1. The molecule has 1 aromatic heterocycles. The summed E-state index contributed by atoms with van der Waals surface area (Å²) in [4.78, 5) is 2.26. The molecule has 1 heterocycles. The molecule has 0 saturated heterocycles. The highest BCUT2D eigenvalue weighted by Gasteiger charge is 2.15. The van der Waals surface area contributed by atoms with Gasteiger partial charge in [-0.05, 0) is 62.1 Å². The standard InChI is InChI=1S/C15H18OS/c1-9-7-11(3)13(8-10(9)2)15(16)14-6-5-12(4)17-14/h5-8,15-16H,1-4H3. The molecule has 2 aromatic rings. The molecule has 1 atom stereocenters. The first-order valence-electron chi connectivity index (χ1n) is 5.81. The average molecular weight is 246 g/mol. The van der Waals surface area contributed by atoms with Crippen molar-refractivity contribution in [2.45, 2.75) is 33.8 Å². The Morgan fingerprint density at radius 3 is 2.18 bits per heavy atom. The van der Waals surface area contributed by atoms with E-state index in [0.29, 0.717) is 0 Å². The zero-order valence-electron chi connectivity index (χ0n) is 10.7. The topological polar surface area (TPSA) is 20.2 Å². The predicted molar refractivity (Wildman–Crippen MR) is 73.8 cm³/mol. The largest absolute Gasteiger partial charge is 0.383 e. The van der Waals surface area contributed by atoms with Crippen molar-refractivity contribution >= 4 is 11.3 Å². The summed E-state index contributed by atoms with van der Waals surface area (Å²) in [5, 5.41) is 10.4. The number of hydrogen-bond donors (Lipinski definition) is 1. The van der Waals surface area contributed by atoms with E-state index < -0.39 is 6.10 Å². The van der Waals surface area contributed by atoms with Gasteiger partial charge in [-0.2, -0.15) is 0 Å². The second-order valence-corrected chi connectivity index (χ2v) is 5.96. The number of thiophene rings is 1. The van der Waals surface area contributed by atoms with Crippen molar-refractivity contribution in [3.05, 3.63) is 56.3 Å². The summed E-state index contributed by atoms with van der Waals surface area (Å²) in [5.41, 5.74) is 4.69. The Morgan fingerprint density at radius 1 is 0.941 bits per heavy atom. The van der Waals surface area contributed by atoms with E-state index >= 15 is 0 Å². The van der Waals surface area contributed by atoms with Gasteiger partial charge in [0.05, 0.1) is 0 Å². The van der Waals surface area contributed by atoms with Crippen molar-refractivity contribution in [1.29, 1.82) is 0 Å². The number of aliphatic hydroxyl groups is 1. The highest BCUT2D eigenvalue weighted by molar-refractivity contribution is 7.12. The molecule has 1 unspecified atom stereocenters. The molecule has 17 heavy (non-hydrogen) atoms. The van der Waals surface area contributed by atoms with Gasteiger partial charge in [0.2, 0.25) is 0 Å². The molecule has 0 bridgehead atoms. The predicted octanol–water partition coefficient (Wildman–Crippen LogP) is 4.06. The molecule has 0 radical (unpaired) electrons. The van der Waals surface area contributed by atoms with Crippen molar-refractivity contribution < 1.29 is 5.11 Å². The molecule has 0 aliphatic carbocycles. The quantitative estimate of drug-likeness (QED) is 0.847. The van der Waals surface area contributed by atoms with E-state index in [1.807, 2.05) is 6.07 Å². The zero-order valence-corrected chi connectivity index (χ0v) is 11.6. The Balaban J connectivity index is 2.43. The molecule has 2 rings (SSSR count). The first-order valence-corrected chi connectivity index (χ1v) is 6.63. The summed E-state index contributed by atoms with van der Waals surface area (Å²) in [6.07, 6.45) is -0.493. The lowest BCUT2D eigenvalue weighted by Gasteiger charge is -2.14. The van der Waals surface area contributed by atoms with Crippen LogP contribution in [0.1, 0.15) is 38.1 Å². The van der Waals surface area contributed by atoms with E-state index in [9.17, 15) is 5.11 Å². The molecule has 0 spiro atoms. The molecule has 1 nitrogen and oxygen atoms in total. The average Bonchev–Trinajstić information content (AvgIpc) is 2.69. The van der Waals surface area contributed by atoms with Crippen LogP contribution in [0.25, 0.3) is 0 Å². The van der Waals surface area contributed by atoms with Gasteiger partial charge in [-0.15, -0.1) is 11.3 Å². The fraction of sp³-hybridized carbons (Fsp3) is 0.333. The lowest BCUT2D eigenvalue weighted by atomic mass is 9.96. The third-order valence-corrected chi connectivity index (χ3v) is 4.26. The van der Waals surface area contributed by atoms with Crippen molar-refractivity contribution in [3.8, 4) is 0 Å². The number of aryl methyl sites for hydroxylation is 4. The van der Waals surface area contributed by atoms with Gasteiger partial charge in [-0.3, -0.25) is 0 Å². The van der Waals surface area contributed by atoms with Crippen LogP contribution < -0.4 is 0 Å². The van der Waals surface area contributed by atoms with Crippen LogP contribution >= 0.6 is 11.3 Å². The summed E-state index contributed by atoms with van der Waals surface area (Å²) in [7, 11) is 0. The Hall–Kier alpha value is -1.12. The van der Waals surface area contributed by atoms with Crippen LogP contribution in [0.5, 0.6) is 0 Å². The molecule has 0 saturated carbocycles. The number of benzene rings is 1. The van der Waals surface area contributed by atoms with E-state index in [4.69, 9.17) is 0 Å². The number of rotatable bonds is 2. The Bertz CT molecular complexity index is 540. The SMILES string of the molecule is Cc1ccc(C(O)c2cc(C)c(C)cc2C)s1. The van der Waals surface area contributed by atoms with Crippen LogP contribution in [0.3, 0.4) is 0 Å². The minimum atomic E-state index is -0.493. The monoisotopic (exact) mass is 246 g/mol. The third-order valence-electron chi connectivity index (χ3n) is 3.21. The molecule has 90 valence electrons. The van der Waals surface area contributed by atoms with Crippen molar-refractivity contribution in [2.75, 3.05) is 0 Å². The summed E-state index contributed by atoms with van der Waals surface area (Å²) in [6, 6.07) is 8.32. The van der Waals surface area contributed by atoms with Crippen molar-refractivity contribution in [3.63, 3.8) is 0 Å². The number of hydrogen-bond acceptors (Lipinski definition) is 2. The normalized spacial score (nSPS) is 12.8. The van der Waals surface area contributed by atoms with Gasteiger partial charge < -0.3 is 5.11 Å². The summed E-state index contributed by atoms with van der Waals surface area (Å²) in [5.74, 6) is 0. The van der Waals surface area contributed by atoms with Crippen LogP contribution in [0.2, 0.25) is 0 Å². The molecule has 0 fully saturated rings. The van der Waals surface area contributed by atoms with Crippen LogP contribution in [-0.2, 0) is 0 Å². The van der Waals surface area contributed by atoms with Gasteiger partial charge in [0.1, 0.15) is 6.10 Å². The van der Waals surface area contributed by atoms with E-state index in [-0.39, 0.29) is 0 Å². The van der Waals surface area contributed by atoms with Gasteiger partial charge in [0.25, 0.3) is 0 Å². The molecular weight excluding hydrogens is 228 g/mol. The zero-order chi connectivity index (χ0) is 12.6. The minimum Gasteiger partial charge on any atom is -0.383 e. The molecule has 1 aromatic carbocycles. The second-order valence-electron chi connectivity index (χ2n) is 4.64. The highest BCUT2D eigenvalue weighted by Crippen LogP contribution is 2.31. The fourth-order valence-corrected chi connectivity index (χ4v) is 2.91. The lowest BCUT2D eigenvalue weighted by Crippen LogP contribution is -2.01. The second kappa shape index (κ2) is 4.63. The maximum absolute atomic E-state index is 10.4. The van der Waals surface area contributed by atoms with Gasteiger partial charge in [-0.25, -0.2) is 0 Å². The maximum Gasteiger partial charge on any atom is 0.113 e. The molecule has 2 heteroatoms. The Kier molecular flexibility index (Phi) is 3.36. The third kappa shape index (κ3) is 2.43. The Labute approximate surface area is 107 Å². The smallest absolute Gasteiger partial charge is 0.113 e. The molecule has 0 amide bonds. The maximum atomic E-state index is 10.4. The summed E-state index contributed by atoms with van der Waals surface area (Å²) < 4.78 is 0. The summed E-state index contributed by atoms with van der Waals surface area (Å²) >= 11 is 1.66. The van der Waals surface area contributed by atoms with Crippen LogP contribution in [0.4, 0.5) is 0 Å². The Morgan fingerprint density at radius 2 is 1.59 bits per heavy atom. The minimum absolute atomic E-state index is 0.493. The highest BCUT2D eigenvalue weighted by atomic mass is 32.1. The van der Waals surface area contributed by atoms with Crippen LogP contribution in [-0.4, -0.2) is 5.11 Å². The van der Waals surface area contributed by atoms with Gasteiger partial charge in [0.15, 0.2) is 0 Å². The first-order chi connectivity index (χ1) is 7.99. The van der Waals surface area contributed by atoms with Gasteiger partial charge in [-0.1, -0.05) is 12.1 Å². The summed E-state index contributed by atoms with van der Waals surface area (Å²) in [6.45, 7) is 8.32. The van der Waals surface area contributed by atoms with Crippen LogP contribution in [0, 0.1) is 27.7 Å². The first kappa shape index (κ1) is 12.3. The van der Waals surface area contributed by atoms with E-state index in [1.54, 1.807) is 11.3 Å². The molecule has 0 aliphatic rings. The van der Waals surface area contributed by atoms with E-state index in [0.717, 1.165) is 16.0 Å². The molecule has 0 aliphatic heterocycles. The van der Waals surface area contributed by atoms with Gasteiger partial charge >= 0.3 is 0 Å². The lowest BCUT2D eigenvalue weighted by molar-refractivity contribution is 0.223. The fourth-order valence-electron chi connectivity index (χ4n) is 2.03. The van der Waals surface area contributed by atoms with Crippen LogP contribution in [0.15, 0.2) is 24.3 Å². The molecule has 1 N–H and O–H groups in total. The van der Waals surface area contributed by atoms with Gasteiger partial charge in [0, 0.05) is 9.75 Å². The van der Waals surface area contributed by atoms with Crippen molar-refractivity contribution in [2.24, 2.45) is 0 Å². The van der Waals surface area contributed by atoms with E-state index in [2.05, 4.69) is 45.9 Å². The van der Waals surface area contributed by atoms with E-state index in [1.165, 1.54) is 16.0 Å². The van der Waals surface area contributed by atoms with Crippen molar-refractivity contribution in [1.82, 2.24) is 0 Å². The molecular formula is C15H18OS.